The van der Waals surface area contributed by atoms with Gasteiger partial charge in [0.2, 0.25) is 0 Å². The molecule has 1 aliphatic heterocycles. The summed E-state index contributed by atoms with van der Waals surface area (Å²) in [6.45, 7) is 7.67. The highest BCUT2D eigenvalue weighted by molar-refractivity contribution is 5.96. The van der Waals surface area contributed by atoms with Gasteiger partial charge in [-0.3, -0.25) is 9.78 Å². The molecule has 1 aromatic carbocycles. The Bertz CT molecular complexity index is 763. The van der Waals surface area contributed by atoms with Crippen LogP contribution in [-0.2, 0) is 9.53 Å². The highest BCUT2D eigenvalue weighted by Gasteiger charge is 2.40. The highest BCUT2D eigenvalue weighted by Crippen LogP contribution is 2.44. The van der Waals surface area contributed by atoms with Gasteiger partial charge in [0.1, 0.15) is 11.9 Å². The number of ether oxygens (including phenoxy) is 1. The van der Waals surface area contributed by atoms with Crippen molar-refractivity contribution in [2.24, 2.45) is 0 Å². The SMILES string of the molecule is C=C(c1ccccc1)[C@H]1OC(C)=C(C(C)=O)[C@@H]1c1ccncc1. The number of hydrogen-bond acceptors (Lipinski definition) is 3. The number of aromatic nitrogens is 1. The maximum absolute atomic E-state index is 12.2. The number of carbonyl (C=O) groups excluding carboxylic acids is 1. The van der Waals surface area contributed by atoms with Gasteiger partial charge in [0.15, 0.2) is 5.78 Å². The van der Waals surface area contributed by atoms with Crippen molar-refractivity contribution in [1.29, 1.82) is 0 Å². The van der Waals surface area contributed by atoms with Crippen LogP contribution in [0.25, 0.3) is 5.57 Å². The average Bonchev–Trinajstić information content (AvgIpc) is 2.93. The lowest BCUT2D eigenvalue weighted by molar-refractivity contribution is -0.113. The highest BCUT2D eigenvalue weighted by atomic mass is 16.5. The summed E-state index contributed by atoms with van der Waals surface area (Å²) in [5.74, 6) is 0.567. The van der Waals surface area contributed by atoms with Gasteiger partial charge >= 0.3 is 0 Å². The number of nitrogens with zero attached hydrogens (tertiary/aromatic N) is 1. The maximum Gasteiger partial charge on any atom is 0.159 e. The van der Waals surface area contributed by atoms with E-state index in [1.54, 1.807) is 19.3 Å². The number of allylic oxidation sites excluding steroid dienone is 1. The fraction of sp³-hybridized carbons (Fsp3) is 0.200. The summed E-state index contributed by atoms with van der Waals surface area (Å²) < 4.78 is 6.06. The number of Topliss-reactive ketones (excluding diaryl/α,β-unsaturated/α-hetero) is 1. The number of benzene rings is 1. The summed E-state index contributed by atoms with van der Waals surface area (Å²) in [5, 5.41) is 0. The Morgan fingerprint density at radius 3 is 2.39 bits per heavy atom. The van der Waals surface area contributed by atoms with Gasteiger partial charge in [-0.2, -0.15) is 0 Å². The fourth-order valence-corrected chi connectivity index (χ4v) is 3.16. The maximum atomic E-state index is 12.2. The molecular formula is C20H19NO2. The summed E-state index contributed by atoms with van der Waals surface area (Å²) in [6.07, 6.45) is 3.20. The minimum absolute atomic E-state index is 0.0349. The molecule has 0 saturated carbocycles. The molecule has 2 aromatic rings. The second kappa shape index (κ2) is 6.21. The number of carbonyl (C=O) groups is 1. The van der Waals surface area contributed by atoms with Crippen molar-refractivity contribution >= 4 is 11.4 Å². The fourth-order valence-electron chi connectivity index (χ4n) is 3.16. The zero-order valence-corrected chi connectivity index (χ0v) is 13.3. The van der Waals surface area contributed by atoms with E-state index in [2.05, 4.69) is 11.6 Å². The molecule has 0 radical (unpaired) electrons. The third-order valence-electron chi connectivity index (χ3n) is 4.23. The zero-order valence-electron chi connectivity index (χ0n) is 13.3. The van der Waals surface area contributed by atoms with E-state index in [4.69, 9.17) is 4.74 Å². The molecule has 116 valence electrons. The number of pyridine rings is 1. The predicted octanol–water partition coefficient (Wildman–Crippen LogP) is 4.14. The monoisotopic (exact) mass is 305 g/mol. The van der Waals surface area contributed by atoms with Crippen LogP contribution in [0.15, 0.2) is 72.8 Å². The Morgan fingerprint density at radius 1 is 1.13 bits per heavy atom. The van der Waals surface area contributed by atoms with Gasteiger partial charge in [-0.15, -0.1) is 0 Å². The van der Waals surface area contributed by atoms with Crippen LogP contribution in [0.3, 0.4) is 0 Å². The Morgan fingerprint density at radius 2 is 1.78 bits per heavy atom. The van der Waals surface area contributed by atoms with Crippen LogP contribution in [0.5, 0.6) is 0 Å². The molecule has 0 saturated heterocycles. The molecule has 0 unspecified atom stereocenters. The van der Waals surface area contributed by atoms with Crippen molar-refractivity contribution in [2.45, 2.75) is 25.9 Å². The second-order valence-corrected chi connectivity index (χ2v) is 5.71. The lowest BCUT2D eigenvalue weighted by atomic mass is 9.82. The molecule has 3 heteroatoms. The van der Waals surface area contributed by atoms with E-state index in [1.165, 1.54) is 0 Å². The van der Waals surface area contributed by atoms with Crippen molar-refractivity contribution in [3.63, 3.8) is 0 Å². The van der Waals surface area contributed by atoms with Gasteiger partial charge in [-0.25, -0.2) is 0 Å². The van der Waals surface area contributed by atoms with Gasteiger partial charge in [0, 0.05) is 18.0 Å². The smallest absolute Gasteiger partial charge is 0.159 e. The first-order valence-corrected chi connectivity index (χ1v) is 7.62. The molecule has 3 rings (SSSR count). The average molecular weight is 305 g/mol. The van der Waals surface area contributed by atoms with Crippen molar-refractivity contribution in [2.75, 3.05) is 0 Å². The summed E-state index contributed by atoms with van der Waals surface area (Å²) >= 11 is 0. The van der Waals surface area contributed by atoms with Crippen molar-refractivity contribution in [3.8, 4) is 0 Å². The molecule has 0 spiro atoms. The van der Waals surface area contributed by atoms with Crippen LogP contribution in [0.4, 0.5) is 0 Å². The molecule has 2 heterocycles. The van der Waals surface area contributed by atoms with Gasteiger partial charge in [-0.1, -0.05) is 36.9 Å². The molecule has 0 aliphatic carbocycles. The molecule has 23 heavy (non-hydrogen) atoms. The van der Waals surface area contributed by atoms with Crippen LogP contribution < -0.4 is 0 Å². The van der Waals surface area contributed by atoms with Crippen LogP contribution in [0, 0.1) is 0 Å². The summed E-state index contributed by atoms with van der Waals surface area (Å²) in [5.41, 5.74) is 3.64. The van der Waals surface area contributed by atoms with Crippen LogP contribution in [-0.4, -0.2) is 16.9 Å². The third-order valence-corrected chi connectivity index (χ3v) is 4.23. The van der Waals surface area contributed by atoms with Gasteiger partial charge in [0.25, 0.3) is 0 Å². The normalized spacial score (nSPS) is 20.3. The standard InChI is InChI=1S/C20H19NO2/c1-13(16-7-5-4-6-8-16)20-19(17-9-11-21-12-10-17)18(14(2)22)15(3)23-20/h4-12,19-20H,1H2,2-3H3/t19-,20+/m0/s1. The summed E-state index contributed by atoms with van der Waals surface area (Å²) in [7, 11) is 0. The Balaban J connectivity index is 2.04. The minimum Gasteiger partial charge on any atom is -0.489 e. The van der Waals surface area contributed by atoms with Gasteiger partial charge in [-0.05, 0) is 42.7 Å². The number of hydrogen-bond donors (Lipinski definition) is 0. The molecule has 0 amide bonds. The van der Waals surface area contributed by atoms with E-state index < -0.39 is 0 Å². The number of ketones is 1. The van der Waals surface area contributed by atoms with Crippen molar-refractivity contribution in [3.05, 3.63) is 83.9 Å². The Kier molecular flexibility index (Phi) is 4.11. The first-order chi connectivity index (χ1) is 11.1. The third kappa shape index (κ3) is 2.82. The summed E-state index contributed by atoms with van der Waals surface area (Å²) in [4.78, 5) is 16.2. The summed E-state index contributed by atoms with van der Waals surface area (Å²) in [6, 6.07) is 13.8. The van der Waals surface area contributed by atoms with Crippen molar-refractivity contribution in [1.82, 2.24) is 4.98 Å². The Labute approximate surface area is 136 Å². The van der Waals surface area contributed by atoms with E-state index in [0.717, 1.165) is 22.3 Å². The molecular weight excluding hydrogens is 286 g/mol. The lowest BCUT2D eigenvalue weighted by Gasteiger charge is -2.23. The van der Waals surface area contributed by atoms with E-state index in [0.29, 0.717) is 5.76 Å². The topological polar surface area (TPSA) is 39.2 Å². The van der Waals surface area contributed by atoms with Gasteiger partial charge in [0.05, 0.1) is 5.92 Å². The minimum atomic E-state index is -0.279. The largest absolute Gasteiger partial charge is 0.489 e. The molecule has 3 nitrogen and oxygen atoms in total. The van der Waals surface area contributed by atoms with E-state index in [9.17, 15) is 4.79 Å². The van der Waals surface area contributed by atoms with E-state index >= 15 is 0 Å². The molecule has 2 atom stereocenters. The molecule has 1 aliphatic rings. The van der Waals surface area contributed by atoms with Crippen LogP contribution in [0.2, 0.25) is 0 Å². The van der Waals surface area contributed by atoms with Gasteiger partial charge < -0.3 is 4.74 Å². The lowest BCUT2D eigenvalue weighted by Crippen LogP contribution is -2.20. The molecule has 1 aromatic heterocycles. The van der Waals surface area contributed by atoms with Crippen LogP contribution >= 0.6 is 0 Å². The van der Waals surface area contributed by atoms with E-state index in [1.807, 2.05) is 49.4 Å². The first-order valence-electron chi connectivity index (χ1n) is 7.62. The zero-order chi connectivity index (χ0) is 16.4. The van der Waals surface area contributed by atoms with Crippen LogP contribution in [0.1, 0.15) is 30.9 Å². The molecule has 0 fully saturated rings. The van der Waals surface area contributed by atoms with Crippen molar-refractivity contribution < 1.29 is 9.53 Å². The predicted molar refractivity (Wildman–Crippen MR) is 90.7 cm³/mol. The molecule has 0 bridgehead atoms. The first kappa shape index (κ1) is 15.2. The van der Waals surface area contributed by atoms with E-state index in [-0.39, 0.29) is 17.8 Å². The second-order valence-electron chi connectivity index (χ2n) is 5.71. The number of rotatable bonds is 4. The molecule has 0 N–H and O–H groups in total. The quantitative estimate of drug-likeness (QED) is 0.852. The Hall–Kier alpha value is -2.68.